The fourth-order valence-corrected chi connectivity index (χ4v) is 1.43. The Morgan fingerprint density at radius 3 is 1.18 bits per heavy atom. The summed E-state index contributed by atoms with van der Waals surface area (Å²) < 4.78 is -0.698. The number of hydrogen-bond donors (Lipinski definition) is 0. The second kappa shape index (κ2) is 3.10. The Hall–Kier alpha value is -0.754. The molecule has 0 rings (SSSR count). The molecular formula is C7H9CoO3. The Morgan fingerprint density at radius 2 is 1.18 bits per heavy atom. The molecule has 0 N–H and O–H groups in total. The van der Waals surface area contributed by atoms with E-state index in [-0.39, 0.29) is 0 Å². The van der Waals surface area contributed by atoms with Crippen LogP contribution in [-0.4, -0.2) is 14.5 Å². The standard InChI is InChI=1S/C4H9.3CO.Co/c1-4(2)3;3*1-2;/h1-3H3;;;;. The fourth-order valence-electron chi connectivity index (χ4n) is 0.348. The summed E-state index contributed by atoms with van der Waals surface area (Å²) in [6.45, 7) is 4.88. The summed E-state index contributed by atoms with van der Waals surface area (Å²) in [6.07, 6.45) is 0. The van der Waals surface area contributed by atoms with Crippen LogP contribution >= 0.6 is 0 Å². The summed E-state index contributed by atoms with van der Waals surface area (Å²) in [5.74, 6) is 0. The summed E-state index contributed by atoms with van der Waals surface area (Å²) in [5, 5.41) is 0. The first-order chi connectivity index (χ1) is 4.93. The number of rotatable bonds is 0. The van der Waals surface area contributed by atoms with Crippen molar-refractivity contribution in [2.24, 2.45) is 0 Å². The summed E-state index contributed by atoms with van der Waals surface area (Å²) in [6, 6.07) is 0. The Balaban J connectivity index is 6.44. The SMILES string of the molecule is C[C](C)(C)[Co](=[C]=O)(=[C]=O)=[C]=O. The van der Waals surface area contributed by atoms with Gasteiger partial charge in [0.25, 0.3) is 0 Å². The zero-order valence-electron chi connectivity index (χ0n) is 6.56. The average Bonchev–Trinajstić information content (AvgIpc) is 1.90. The third kappa shape index (κ3) is 1.63. The van der Waals surface area contributed by atoms with E-state index in [1.807, 2.05) is 0 Å². The molecule has 0 aromatic carbocycles. The van der Waals surface area contributed by atoms with E-state index in [9.17, 15) is 14.4 Å². The van der Waals surface area contributed by atoms with Gasteiger partial charge < -0.3 is 0 Å². The molecule has 0 radical (unpaired) electrons. The fraction of sp³-hybridized carbons (Fsp3) is 0.571. The monoisotopic (exact) mass is 200 g/mol. The van der Waals surface area contributed by atoms with Crippen molar-refractivity contribution in [2.75, 3.05) is 0 Å². The molecule has 0 aliphatic rings. The van der Waals surface area contributed by atoms with Gasteiger partial charge in [-0.3, -0.25) is 0 Å². The van der Waals surface area contributed by atoms with Crippen molar-refractivity contribution in [1.82, 2.24) is 0 Å². The van der Waals surface area contributed by atoms with E-state index in [1.165, 1.54) is 14.5 Å². The van der Waals surface area contributed by atoms with E-state index in [4.69, 9.17) is 0 Å². The summed E-state index contributed by atoms with van der Waals surface area (Å²) in [4.78, 5) is 35.4. The van der Waals surface area contributed by atoms with Crippen LogP contribution in [0.15, 0.2) is 0 Å². The molecule has 0 heterocycles. The third-order valence-corrected chi connectivity index (χ3v) is 4.35. The van der Waals surface area contributed by atoms with E-state index in [2.05, 4.69) is 0 Å². The molecule has 0 bridgehead atoms. The molecule has 0 spiro atoms. The molecule has 11 heavy (non-hydrogen) atoms. The average molecular weight is 200 g/mol. The first-order valence-corrected chi connectivity index (χ1v) is 4.86. The second-order valence-electron chi connectivity index (χ2n) is 2.70. The molecule has 0 unspecified atom stereocenters. The first-order valence-electron chi connectivity index (χ1n) is 2.78. The zero-order chi connectivity index (χ0) is 9.12. The third-order valence-electron chi connectivity index (χ3n) is 1.06. The van der Waals surface area contributed by atoms with Crippen molar-refractivity contribution in [3.63, 3.8) is 0 Å². The van der Waals surface area contributed by atoms with Gasteiger partial charge in [-0.05, 0) is 0 Å². The van der Waals surface area contributed by atoms with Crippen molar-refractivity contribution in [3.05, 3.63) is 0 Å². The van der Waals surface area contributed by atoms with Crippen molar-refractivity contribution < 1.29 is 25.7 Å². The molecule has 0 fully saturated rings. The van der Waals surface area contributed by atoms with E-state index < -0.39 is 15.7 Å². The summed E-state index contributed by atoms with van der Waals surface area (Å²) in [7, 11) is 0. The van der Waals surface area contributed by atoms with Crippen LogP contribution in [0.5, 0.6) is 0 Å². The van der Waals surface area contributed by atoms with Gasteiger partial charge in [0.2, 0.25) is 0 Å². The van der Waals surface area contributed by atoms with Gasteiger partial charge in [-0.25, -0.2) is 0 Å². The van der Waals surface area contributed by atoms with E-state index >= 15 is 0 Å². The topological polar surface area (TPSA) is 51.2 Å². The van der Waals surface area contributed by atoms with Crippen LogP contribution in [0.2, 0.25) is 4.35 Å². The summed E-state index contributed by atoms with van der Waals surface area (Å²) >= 11 is -3.02. The van der Waals surface area contributed by atoms with Crippen LogP contribution in [0.1, 0.15) is 20.8 Å². The minimum atomic E-state index is -3.02. The van der Waals surface area contributed by atoms with Crippen LogP contribution in [0.25, 0.3) is 0 Å². The molecule has 0 atom stereocenters. The Morgan fingerprint density at radius 1 is 0.909 bits per heavy atom. The predicted octanol–water partition coefficient (Wildman–Crippen LogP) is 0.560. The van der Waals surface area contributed by atoms with Gasteiger partial charge in [-0.2, -0.15) is 0 Å². The van der Waals surface area contributed by atoms with Gasteiger partial charge in [0.15, 0.2) is 0 Å². The second-order valence-corrected chi connectivity index (χ2v) is 6.46. The quantitative estimate of drug-likeness (QED) is 0.574. The molecule has 0 aliphatic heterocycles. The van der Waals surface area contributed by atoms with Crippen molar-refractivity contribution in [1.29, 1.82) is 0 Å². The molecule has 0 amide bonds. The summed E-state index contributed by atoms with van der Waals surface area (Å²) in [5.41, 5.74) is 0. The maximum atomic E-state index is 10.3. The van der Waals surface area contributed by atoms with Gasteiger partial charge in [0.1, 0.15) is 0 Å². The van der Waals surface area contributed by atoms with Crippen LogP contribution in [0.3, 0.4) is 0 Å². The molecule has 0 saturated heterocycles. The zero-order valence-corrected chi connectivity index (χ0v) is 7.60. The van der Waals surface area contributed by atoms with Crippen molar-refractivity contribution in [3.8, 4) is 0 Å². The van der Waals surface area contributed by atoms with Gasteiger partial charge in [0.05, 0.1) is 0 Å². The molecule has 3 nitrogen and oxygen atoms in total. The molecule has 64 valence electrons. The maximum absolute atomic E-state index is 10.3. The van der Waals surface area contributed by atoms with Crippen molar-refractivity contribution in [2.45, 2.75) is 25.1 Å². The molecule has 4 heteroatoms. The van der Waals surface area contributed by atoms with Gasteiger partial charge in [0, 0.05) is 0 Å². The van der Waals surface area contributed by atoms with Crippen LogP contribution in [0.4, 0.5) is 0 Å². The van der Waals surface area contributed by atoms with E-state index in [1.54, 1.807) is 20.8 Å². The van der Waals surface area contributed by atoms with Gasteiger partial charge >= 0.3 is 65.3 Å². The van der Waals surface area contributed by atoms with Gasteiger partial charge in [-0.1, -0.05) is 0 Å². The van der Waals surface area contributed by atoms with Crippen LogP contribution in [0, 0.1) is 0 Å². The number of carbonyl (C=O) groups excluding carboxylic acids is 3. The Kier molecular flexibility index (Phi) is 2.89. The van der Waals surface area contributed by atoms with Crippen molar-refractivity contribution >= 4 is 14.5 Å². The Bertz CT molecular complexity index is 346. The van der Waals surface area contributed by atoms with Gasteiger partial charge in [-0.15, -0.1) is 0 Å². The molecular weight excluding hydrogens is 191 g/mol. The Labute approximate surface area is 65.8 Å². The molecule has 0 aliphatic carbocycles. The molecule has 0 saturated carbocycles. The van der Waals surface area contributed by atoms with Crippen LogP contribution < -0.4 is 0 Å². The van der Waals surface area contributed by atoms with E-state index in [0.717, 1.165) is 0 Å². The minimum absolute atomic E-state index is 0.698. The predicted molar refractivity (Wildman–Crippen MR) is 36.8 cm³/mol. The number of hydrogen-bond acceptors (Lipinski definition) is 3. The normalized spacial score (nSPS) is 12.6. The van der Waals surface area contributed by atoms with E-state index in [0.29, 0.717) is 0 Å². The molecule has 0 aromatic rings. The molecule has 0 aromatic heterocycles. The van der Waals surface area contributed by atoms with Crippen LogP contribution in [-0.2, 0) is 25.7 Å². The first kappa shape index (κ1) is 10.2.